The van der Waals surface area contributed by atoms with E-state index in [2.05, 4.69) is 29.6 Å². The summed E-state index contributed by atoms with van der Waals surface area (Å²) in [6, 6.07) is 8.09. The minimum absolute atomic E-state index is 0.0757. The average Bonchev–Trinajstić information content (AvgIpc) is 2.84. The number of amides is 1. The number of hydrogen-bond acceptors (Lipinski definition) is 5. The summed E-state index contributed by atoms with van der Waals surface area (Å²) in [6.07, 6.45) is 2.57. The van der Waals surface area contributed by atoms with Crippen molar-refractivity contribution in [1.29, 1.82) is 0 Å². The van der Waals surface area contributed by atoms with E-state index in [4.69, 9.17) is 0 Å². The van der Waals surface area contributed by atoms with Crippen LogP contribution in [0.4, 0.5) is 0 Å². The summed E-state index contributed by atoms with van der Waals surface area (Å²) >= 11 is 3.27. The maximum atomic E-state index is 12.1. The Morgan fingerprint density at radius 3 is 2.59 bits per heavy atom. The van der Waals surface area contributed by atoms with Crippen LogP contribution in [-0.2, 0) is 20.4 Å². The number of sulfone groups is 1. The predicted octanol–water partition coefficient (Wildman–Crippen LogP) is 2.33. The van der Waals surface area contributed by atoms with E-state index in [9.17, 15) is 13.2 Å². The summed E-state index contributed by atoms with van der Waals surface area (Å²) in [7, 11) is -2.95. The fraction of sp³-hybridized carbons (Fsp3) is 0.533. The molecule has 1 aliphatic heterocycles. The molecule has 2 unspecified atom stereocenters. The minimum atomic E-state index is -2.95. The molecule has 4 nitrogen and oxygen atoms in total. The van der Waals surface area contributed by atoms with Gasteiger partial charge in [-0.1, -0.05) is 12.1 Å². The third-order valence-electron chi connectivity index (χ3n) is 3.61. The van der Waals surface area contributed by atoms with Crippen molar-refractivity contribution in [3.05, 3.63) is 29.8 Å². The van der Waals surface area contributed by atoms with Crippen molar-refractivity contribution >= 4 is 39.3 Å². The van der Waals surface area contributed by atoms with Gasteiger partial charge in [-0.05, 0) is 37.3 Å². The van der Waals surface area contributed by atoms with Crippen molar-refractivity contribution in [1.82, 2.24) is 5.32 Å². The molecule has 1 N–H and O–H groups in total. The van der Waals surface area contributed by atoms with Gasteiger partial charge in [0.1, 0.15) is 0 Å². The molecule has 122 valence electrons. The molecule has 1 fully saturated rings. The van der Waals surface area contributed by atoms with E-state index in [1.807, 2.05) is 13.2 Å². The molecule has 1 aromatic carbocycles. The smallest absolute Gasteiger partial charge is 0.233 e. The number of nitrogens with one attached hydrogen (secondary N) is 1. The number of carbonyl (C=O) groups excluding carboxylic acids is 1. The van der Waals surface area contributed by atoms with Gasteiger partial charge >= 0.3 is 0 Å². The van der Waals surface area contributed by atoms with Crippen LogP contribution in [0.25, 0.3) is 0 Å². The first-order chi connectivity index (χ1) is 10.4. The first-order valence-electron chi connectivity index (χ1n) is 7.15. The lowest BCUT2D eigenvalue weighted by Crippen LogP contribution is -2.40. The number of benzene rings is 1. The van der Waals surface area contributed by atoms with Crippen LogP contribution in [0.3, 0.4) is 0 Å². The Bertz CT molecular complexity index is 613. The van der Waals surface area contributed by atoms with Crippen molar-refractivity contribution in [2.75, 3.05) is 17.8 Å². The predicted molar refractivity (Wildman–Crippen MR) is 94.2 cm³/mol. The fourth-order valence-corrected chi connectivity index (χ4v) is 5.18. The van der Waals surface area contributed by atoms with E-state index < -0.39 is 9.84 Å². The van der Waals surface area contributed by atoms with Gasteiger partial charge in [0, 0.05) is 16.7 Å². The van der Waals surface area contributed by atoms with Gasteiger partial charge in [0.25, 0.3) is 0 Å². The zero-order valence-electron chi connectivity index (χ0n) is 12.7. The van der Waals surface area contributed by atoms with E-state index in [-0.39, 0.29) is 28.7 Å². The maximum absolute atomic E-state index is 12.1. The van der Waals surface area contributed by atoms with Crippen LogP contribution in [0.1, 0.15) is 18.9 Å². The van der Waals surface area contributed by atoms with Gasteiger partial charge in [-0.3, -0.25) is 4.79 Å². The van der Waals surface area contributed by atoms with Crippen molar-refractivity contribution in [3.8, 4) is 0 Å². The Morgan fingerprint density at radius 2 is 2.05 bits per heavy atom. The number of thioether (sulfide) groups is 2. The highest BCUT2D eigenvalue weighted by molar-refractivity contribution is 7.99. The minimum Gasteiger partial charge on any atom is -0.351 e. The van der Waals surface area contributed by atoms with Crippen LogP contribution in [0, 0.1) is 0 Å². The Hall–Kier alpha value is -0.660. The van der Waals surface area contributed by atoms with Gasteiger partial charge in [-0.15, -0.1) is 23.5 Å². The van der Waals surface area contributed by atoms with Crippen molar-refractivity contribution in [2.24, 2.45) is 0 Å². The van der Waals surface area contributed by atoms with Gasteiger partial charge in [0.15, 0.2) is 9.84 Å². The Kier molecular flexibility index (Phi) is 6.23. The maximum Gasteiger partial charge on any atom is 0.233 e. The molecule has 0 bridgehead atoms. The molecular weight excluding hydrogens is 338 g/mol. The quantitative estimate of drug-likeness (QED) is 0.790. The molecule has 22 heavy (non-hydrogen) atoms. The summed E-state index contributed by atoms with van der Waals surface area (Å²) in [4.78, 5) is 13.3. The Labute approximate surface area is 140 Å². The number of carbonyl (C=O) groups is 1. The van der Waals surface area contributed by atoms with Crippen molar-refractivity contribution in [3.63, 3.8) is 0 Å². The molecule has 1 saturated heterocycles. The molecule has 2 rings (SSSR count). The number of rotatable bonds is 6. The first kappa shape index (κ1) is 17.7. The van der Waals surface area contributed by atoms with Crippen LogP contribution in [0.5, 0.6) is 0 Å². The highest BCUT2D eigenvalue weighted by Gasteiger charge is 2.29. The zero-order valence-corrected chi connectivity index (χ0v) is 15.2. The van der Waals surface area contributed by atoms with Crippen LogP contribution < -0.4 is 5.32 Å². The standard InChI is InChI=1S/C15H21NO3S3/c1-11(15(17)16-13-7-8-22(18,19)10-13)21-9-12-3-5-14(20-2)6-4-12/h3-6,11,13H,7-10H2,1-2H3,(H,16,17). The molecule has 1 aliphatic rings. The fourth-order valence-electron chi connectivity index (χ4n) is 2.25. The third-order valence-corrected chi connectivity index (χ3v) is 7.33. The lowest BCUT2D eigenvalue weighted by Gasteiger charge is -2.15. The molecule has 1 heterocycles. The Balaban J connectivity index is 1.78. The van der Waals surface area contributed by atoms with Crippen LogP contribution >= 0.6 is 23.5 Å². The normalized spacial score (nSPS) is 21.5. The molecular formula is C15H21NO3S3. The SMILES string of the molecule is CSc1ccc(CSC(C)C(=O)NC2CCS(=O)(=O)C2)cc1. The molecule has 2 atom stereocenters. The topological polar surface area (TPSA) is 63.2 Å². The second kappa shape index (κ2) is 7.75. The Morgan fingerprint density at radius 1 is 1.36 bits per heavy atom. The highest BCUT2D eigenvalue weighted by Crippen LogP contribution is 2.21. The second-order valence-corrected chi connectivity index (χ2v) is 9.85. The van der Waals surface area contributed by atoms with E-state index in [0.717, 1.165) is 5.75 Å². The van der Waals surface area contributed by atoms with E-state index in [1.54, 1.807) is 23.5 Å². The van der Waals surface area contributed by atoms with E-state index in [0.29, 0.717) is 6.42 Å². The van der Waals surface area contributed by atoms with Crippen molar-refractivity contribution in [2.45, 2.75) is 35.3 Å². The molecule has 1 aromatic rings. The molecule has 0 spiro atoms. The van der Waals surface area contributed by atoms with E-state index in [1.165, 1.54) is 10.5 Å². The molecule has 7 heteroatoms. The average molecular weight is 360 g/mol. The lowest BCUT2D eigenvalue weighted by molar-refractivity contribution is -0.120. The molecule has 0 saturated carbocycles. The lowest BCUT2D eigenvalue weighted by atomic mass is 10.2. The monoisotopic (exact) mass is 359 g/mol. The van der Waals surface area contributed by atoms with Crippen LogP contribution in [-0.4, -0.2) is 43.4 Å². The summed E-state index contributed by atoms with van der Waals surface area (Å²) in [5.41, 5.74) is 1.19. The largest absolute Gasteiger partial charge is 0.351 e. The van der Waals surface area contributed by atoms with Gasteiger partial charge in [-0.2, -0.15) is 0 Å². The van der Waals surface area contributed by atoms with Crippen LogP contribution in [0.2, 0.25) is 0 Å². The van der Waals surface area contributed by atoms with E-state index >= 15 is 0 Å². The molecule has 0 aliphatic carbocycles. The molecule has 0 radical (unpaired) electrons. The first-order valence-corrected chi connectivity index (χ1v) is 11.2. The van der Waals surface area contributed by atoms with Gasteiger partial charge in [0.2, 0.25) is 5.91 Å². The van der Waals surface area contributed by atoms with Crippen LogP contribution in [0.15, 0.2) is 29.2 Å². The van der Waals surface area contributed by atoms with Gasteiger partial charge in [0.05, 0.1) is 16.8 Å². The second-order valence-electron chi connectivity index (χ2n) is 5.41. The third kappa shape index (κ3) is 5.21. The highest BCUT2D eigenvalue weighted by atomic mass is 32.2. The summed E-state index contributed by atoms with van der Waals surface area (Å²) < 4.78 is 22.8. The van der Waals surface area contributed by atoms with Crippen molar-refractivity contribution < 1.29 is 13.2 Å². The van der Waals surface area contributed by atoms with Gasteiger partial charge < -0.3 is 5.32 Å². The number of hydrogen-bond donors (Lipinski definition) is 1. The molecule has 1 amide bonds. The summed E-state index contributed by atoms with van der Waals surface area (Å²) in [6.45, 7) is 1.86. The summed E-state index contributed by atoms with van der Waals surface area (Å²) in [5, 5.41) is 2.66. The van der Waals surface area contributed by atoms with Gasteiger partial charge in [-0.25, -0.2) is 8.42 Å². The zero-order chi connectivity index (χ0) is 16.2. The molecule has 0 aromatic heterocycles. The summed E-state index contributed by atoms with van der Waals surface area (Å²) in [5.74, 6) is 0.951.